The standard InChI is InChI=1S/C24H29N3O5S/c1-3-32-23-10-6-5-9-20(23)25-24(29)22-16-18-15-19(11-12-21(18)27(22)17(2)28)33(30,31)26-13-7-4-8-14-26/h5-6,9-12,15,22H,3-4,7-8,13-14,16H2,1-2H3,(H,25,29). The first-order valence-electron chi connectivity index (χ1n) is 11.3. The fraction of sp³-hybridized carbons (Fsp3) is 0.417. The van der Waals surface area contributed by atoms with Crippen molar-refractivity contribution in [3.8, 4) is 5.75 Å². The van der Waals surface area contributed by atoms with Gasteiger partial charge in [-0.3, -0.25) is 14.5 Å². The molecule has 0 spiro atoms. The Labute approximate surface area is 194 Å². The smallest absolute Gasteiger partial charge is 0.248 e. The van der Waals surface area contributed by atoms with Crippen LogP contribution in [0.1, 0.15) is 38.7 Å². The molecular weight excluding hydrogens is 442 g/mol. The zero-order valence-corrected chi connectivity index (χ0v) is 19.7. The summed E-state index contributed by atoms with van der Waals surface area (Å²) in [5, 5.41) is 2.87. The first-order chi connectivity index (χ1) is 15.8. The van der Waals surface area contributed by atoms with Gasteiger partial charge in [-0.25, -0.2) is 8.42 Å². The zero-order valence-electron chi connectivity index (χ0n) is 18.9. The number of benzene rings is 2. The minimum Gasteiger partial charge on any atom is -0.492 e. The molecule has 2 heterocycles. The molecule has 0 radical (unpaired) electrons. The maximum Gasteiger partial charge on any atom is 0.248 e. The van der Waals surface area contributed by atoms with Crippen LogP contribution in [0.3, 0.4) is 0 Å². The summed E-state index contributed by atoms with van der Waals surface area (Å²) >= 11 is 0. The van der Waals surface area contributed by atoms with Crippen LogP contribution in [0.4, 0.5) is 11.4 Å². The summed E-state index contributed by atoms with van der Waals surface area (Å²) in [6, 6.07) is 11.1. The third kappa shape index (κ3) is 4.60. The minimum atomic E-state index is -3.61. The Hall–Kier alpha value is -2.91. The Balaban J connectivity index is 1.60. The fourth-order valence-electron chi connectivity index (χ4n) is 4.51. The molecule has 2 aromatic rings. The number of carbonyl (C=O) groups is 2. The van der Waals surface area contributed by atoms with Gasteiger partial charge in [-0.1, -0.05) is 18.6 Å². The predicted molar refractivity (Wildman–Crippen MR) is 126 cm³/mol. The molecule has 8 nitrogen and oxygen atoms in total. The number of amides is 2. The molecule has 0 aliphatic carbocycles. The van der Waals surface area contributed by atoms with Gasteiger partial charge < -0.3 is 10.1 Å². The van der Waals surface area contributed by atoms with E-state index in [1.54, 1.807) is 30.3 Å². The number of sulfonamides is 1. The van der Waals surface area contributed by atoms with Gasteiger partial charge in [-0.05, 0) is 55.7 Å². The van der Waals surface area contributed by atoms with Crippen molar-refractivity contribution in [2.75, 3.05) is 29.9 Å². The molecule has 0 bridgehead atoms. The molecule has 1 fully saturated rings. The molecule has 1 atom stereocenters. The van der Waals surface area contributed by atoms with Gasteiger partial charge in [0.25, 0.3) is 0 Å². The summed E-state index contributed by atoms with van der Waals surface area (Å²) in [7, 11) is -3.61. The largest absolute Gasteiger partial charge is 0.492 e. The normalized spacial score (nSPS) is 18.6. The quantitative estimate of drug-likeness (QED) is 0.698. The fourth-order valence-corrected chi connectivity index (χ4v) is 6.08. The van der Waals surface area contributed by atoms with Crippen molar-refractivity contribution < 1.29 is 22.7 Å². The Kier molecular flexibility index (Phi) is 6.71. The summed E-state index contributed by atoms with van der Waals surface area (Å²) in [5.74, 6) is -0.0826. The molecule has 9 heteroatoms. The number of rotatable bonds is 6. The summed E-state index contributed by atoms with van der Waals surface area (Å²) in [6.45, 7) is 4.75. The average Bonchev–Trinajstić information content (AvgIpc) is 3.20. The molecule has 2 aliphatic rings. The Bertz CT molecular complexity index is 1160. The molecule has 1 unspecified atom stereocenters. The Morgan fingerprint density at radius 2 is 1.82 bits per heavy atom. The topological polar surface area (TPSA) is 96.0 Å². The Morgan fingerprint density at radius 3 is 2.52 bits per heavy atom. The third-order valence-electron chi connectivity index (χ3n) is 6.07. The van der Waals surface area contributed by atoms with Crippen molar-refractivity contribution >= 4 is 33.2 Å². The van der Waals surface area contributed by atoms with Gasteiger partial charge in [0.05, 0.1) is 17.2 Å². The molecule has 33 heavy (non-hydrogen) atoms. The molecule has 2 aliphatic heterocycles. The van der Waals surface area contributed by atoms with Crippen molar-refractivity contribution in [2.45, 2.75) is 50.5 Å². The summed E-state index contributed by atoms with van der Waals surface area (Å²) < 4.78 is 33.3. The molecule has 2 amide bonds. The van der Waals surface area contributed by atoms with E-state index in [9.17, 15) is 18.0 Å². The lowest BCUT2D eigenvalue weighted by atomic mass is 10.1. The van der Waals surface area contributed by atoms with Crippen LogP contribution in [0, 0.1) is 0 Å². The van der Waals surface area contributed by atoms with E-state index in [1.165, 1.54) is 22.2 Å². The van der Waals surface area contributed by atoms with Crippen LogP contribution in [0.2, 0.25) is 0 Å². The van der Waals surface area contributed by atoms with Gasteiger partial charge in [0, 0.05) is 32.1 Å². The SMILES string of the molecule is CCOc1ccccc1NC(=O)C1Cc2cc(S(=O)(=O)N3CCCCC3)ccc2N1C(C)=O. The lowest BCUT2D eigenvalue weighted by Crippen LogP contribution is -2.44. The van der Waals surface area contributed by atoms with Gasteiger partial charge in [-0.15, -0.1) is 0 Å². The maximum absolute atomic E-state index is 13.2. The van der Waals surface area contributed by atoms with Crippen LogP contribution in [0.25, 0.3) is 0 Å². The number of para-hydroxylation sites is 2. The molecule has 4 rings (SSSR count). The van der Waals surface area contributed by atoms with Gasteiger partial charge in [0.1, 0.15) is 11.8 Å². The van der Waals surface area contributed by atoms with Crippen molar-refractivity contribution in [1.29, 1.82) is 0 Å². The highest BCUT2D eigenvalue weighted by Crippen LogP contribution is 2.36. The van der Waals surface area contributed by atoms with Gasteiger partial charge in [-0.2, -0.15) is 4.31 Å². The lowest BCUT2D eigenvalue weighted by molar-refractivity contribution is -0.122. The predicted octanol–water partition coefficient (Wildman–Crippen LogP) is 3.18. The molecule has 176 valence electrons. The van der Waals surface area contributed by atoms with Crippen molar-refractivity contribution in [2.24, 2.45) is 0 Å². The molecule has 0 saturated carbocycles. The van der Waals surface area contributed by atoms with E-state index >= 15 is 0 Å². The van der Waals surface area contributed by atoms with Crippen LogP contribution in [0.5, 0.6) is 5.75 Å². The van der Waals surface area contributed by atoms with E-state index in [4.69, 9.17) is 4.74 Å². The van der Waals surface area contributed by atoms with Gasteiger partial charge in [0.15, 0.2) is 0 Å². The number of hydrogen-bond acceptors (Lipinski definition) is 5. The number of ether oxygens (including phenoxy) is 1. The highest BCUT2D eigenvalue weighted by atomic mass is 32.2. The second-order valence-electron chi connectivity index (χ2n) is 8.28. The maximum atomic E-state index is 13.2. The minimum absolute atomic E-state index is 0.203. The highest BCUT2D eigenvalue weighted by Gasteiger charge is 2.38. The van der Waals surface area contributed by atoms with E-state index in [2.05, 4.69) is 5.32 Å². The third-order valence-corrected chi connectivity index (χ3v) is 7.97. The Morgan fingerprint density at radius 1 is 1.09 bits per heavy atom. The van der Waals surface area contributed by atoms with Crippen molar-refractivity contribution in [3.05, 3.63) is 48.0 Å². The number of nitrogens with zero attached hydrogens (tertiary/aromatic N) is 2. The number of fused-ring (bicyclic) bond motifs is 1. The number of carbonyl (C=O) groups excluding carboxylic acids is 2. The van der Waals surface area contributed by atoms with E-state index in [0.29, 0.717) is 42.4 Å². The number of hydrogen-bond donors (Lipinski definition) is 1. The van der Waals surface area contributed by atoms with E-state index in [-0.39, 0.29) is 23.1 Å². The van der Waals surface area contributed by atoms with E-state index < -0.39 is 16.1 Å². The van der Waals surface area contributed by atoms with E-state index in [1.807, 2.05) is 13.0 Å². The monoisotopic (exact) mass is 471 g/mol. The first-order valence-corrected chi connectivity index (χ1v) is 12.7. The van der Waals surface area contributed by atoms with Crippen LogP contribution in [0.15, 0.2) is 47.4 Å². The second kappa shape index (κ2) is 9.52. The molecular formula is C24H29N3O5S. The number of anilines is 2. The summed E-state index contributed by atoms with van der Waals surface area (Å²) in [4.78, 5) is 27.3. The van der Waals surface area contributed by atoms with Crippen LogP contribution < -0.4 is 15.0 Å². The van der Waals surface area contributed by atoms with Crippen molar-refractivity contribution in [1.82, 2.24) is 4.31 Å². The first kappa shape index (κ1) is 23.3. The van der Waals surface area contributed by atoms with Crippen LogP contribution in [-0.2, 0) is 26.0 Å². The van der Waals surface area contributed by atoms with Crippen LogP contribution >= 0.6 is 0 Å². The van der Waals surface area contributed by atoms with Crippen molar-refractivity contribution in [3.63, 3.8) is 0 Å². The molecule has 0 aromatic heterocycles. The summed E-state index contributed by atoms with van der Waals surface area (Å²) in [6.07, 6.45) is 2.98. The molecule has 2 aromatic carbocycles. The lowest BCUT2D eigenvalue weighted by Gasteiger charge is -2.26. The van der Waals surface area contributed by atoms with Gasteiger partial charge in [0.2, 0.25) is 21.8 Å². The van der Waals surface area contributed by atoms with E-state index in [0.717, 1.165) is 19.3 Å². The summed E-state index contributed by atoms with van der Waals surface area (Å²) in [5.41, 5.74) is 1.76. The second-order valence-corrected chi connectivity index (χ2v) is 10.2. The average molecular weight is 472 g/mol. The molecule has 1 saturated heterocycles. The number of nitrogens with one attached hydrogen (secondary N) is 1. The highest BCUT2D eigenvalue weighted by molar-refractivity contribution is 7.89. The van der Waals surface area contributed by atoms with Crippen LogP contribution in [-0.4, -0.2) is 50.3 Å². The number of piperidine rings is 1. The zero-order chi connectivity index (χ0) is 23.6. The molecule has 1 N–H and O–H groups in total. The van der Waals surface area contributed by atoms with Gasteiger partial charge >= 0.3 is 0 Å².